The molecule has 0 aromatic heterocycles. The predicted molar refractivity (Wildman–Crippen MR) is 104 cm³/mol. The highest BCUT2D eigenvalue weighted by atomic mass is 32.2. The van der Waals surface area contributed by atoms with Crippen LogP contribution in [0.15, 0.2) is 53.4 Å². The van der Waals surface area contributed by atoms with Crippen molar-refractivity contribution in [2.45, 2.75) is 30.7 Å². The van der Waals surface area contributed by atoms with Crippen LogP contribution in [0.25, 0.3) is 0 Å². The molecule has 148 valence electrons. The molecule has 28 heavy (non-hydrogen) atoms. The number of carbonyl (C=O) groups excluding carboxylic acids is 2. The number of hydrogen-bond acceptors (Lipinski definition) is 5. The highest BCUT2D eigenvalue weighted by Gasteiger charge is 2.45. The number of anilines is 1. The summed E-state index contributed by atoms with van der Waals surface area (Å²) in [5, 5.41) is 0. The summed E-state index contributed by atoms with van der Waals surface area (Å²) in [7, 11) is -2.51. The normalized spacial score (nSPS) is 15.4. The summed E-state index contributed by atoms with van der Waals surface area (Å²) in [6.45, 7) is 3.36. The molecule has 1 aliphatic heterocycles. The number of esters is 1. The zero-order valence-corrected chi connectivity index (χ0v) is 16.7. The van der Waals surface area contributed by atoms with E-state index in [1.165, 1.54) is 24.1 Å². The minimum absolute atomic E-state index is 0.0722. The fourth-order valence-corrected chi connectivity index (χ4v) is 4.23. The van der Waals surface area contributed by atoms with Crippen LogP contribution in [0, 0.1) is 0 Å². The summed E-state index contributed by atoms with van der Waals surface area (Å²) in [5.41, 5.74) is 0.965. The van der Waals surface area contributed by atoms with Gasteiger partial charge in [0.1, 0.15) is 6.54 Å². The Morgan fingerprint density at radius 1 is 1.14 bits per heavy atom. The molecule has 2 aromatic carbocycles. The van der Waals surface area contributed by atoms with E-state index in [2.05, 4.69) is 9.46 Å². The Balaban J connectivity index is 1.91. The quantitative estimate of drug-likeness (QED) is 0.746. The third-order valence-corrected chi connectivity index (χ3v) is 6.25. The molecule has 7 nitrogen and oxygen atoms in total. The van der Waals surface area contributed by atoms with Crippen LogP contribution in [0.1, 0.15) is 25.0 Å². The number of nitrogens with zero attached hydrogens (tertiary/aromatic N) is 1. The number of methoxy groups -OCH3 is 1. The largest absolute Gasteiger partial charge is 0.468 e. The number of rotatable bonds is 6. The number of benzene rings is 2. The zero-order chi connectivity index (χ0) is 20.5. The van der Waals surface area contributed by atoms with E-state index in [-0.39, 0.29) is 23.9 Å². The first-order chi connectivity index (χ1) is 13.2. The van der Waals surface area contributed by atoms with Gasteiger partial charge in [0, 0.05) is 12.2 Å². The lowest BCUT2D eigenvalue weighted by atomic mass is 9.86. The number of nitrogens with one attached hydrogen (secondary N) is 1. The van der Waals surface area contributed by atoms with E-state index in [9.17, 15) is 18.0 Å². The van der Waals surface area contributed by atoms with Crippen LogP contribution in [-0.4, -0.2) is 33.9 Å². The molecule has 0 fully saturated rings. The molecule has 1 amide bonds. The van der Waals surface area contributed by atoms with Crippen molar-refractivity contribution >= 4 is 27.6 Å². The Morgan fingerprint density at radius 3 is 2.46 bits per heavy atom. The van der Waals surface area contributed by atoms with Gasteiger partial charge in [-0.15, -0.1) is 0 Å². The Hall–Kier alpha value is -2.71. The maximum Gasteiger partial charge on any atom is 0.325 e. The van der Waals surface area contributed by atoms with Crippen molar-refractivity contribution in [2.75, 3.05) is 18.6 Å². The predicted octanol–water partition coefficient (Wildman–Crippen LogP) is 1.96. The van der Waals surface area contributed by atoms with Gasteiger partial charge in [-0.1, -0.05) is 30.3 Å². The van der Waals surface area contributed by atoms with Crippen LogP contribution >= 0.6 is 0 Å². The molecule has 0 saturated heterocycles. The Bertz CT molecular complexity index is 1020. The van der Waals surface area contributed by atoms with Crippen molar-refractivity contribution in [3.63, 3.8) is 0 Å². The van der Waals surface area contributed by atoms with E-state index in [4.69, 9.17) is 0 Å². The second-order valence-corrected chi connectivity index (χ2v) is 8.85. The summed E-state index contributed by atoms with van der Waals surface area (Å²) in [5.74, 6) is -0.821. The molecule has 0 aliphatic carbocycles. The van der Waals surface area contributed by atoms with Crippen molar-refractivity contribution in [1.82, 2.24) is 4.72 Å². The molecule has 1 N–H and O–H groups in total. The molecule has 0 unspecified atom stereocenters. The van der Waals surface area contributed by atoms with Crippen molar-refractivity contribution in [3.05, 3.63) is 59.7 Å². The summed E-state index contributed by atoms with van der Waals surface area (Å²) in [4.78, 5) is 25.8. The third-order valence-electron chi connectivity index (χ3n) is 4.85. The Kier molecular flexibility index (Phi) is 5.27. The monoisotopic (exact) mass is 402 g/mol. The fourth-order valence-electron chi connectivity index (χ4n) is 3.19. The average Bonchev–Trinajstić information content (AvgIpc) is 2.87. The van der Waals surface area contributed by atoms with E-state index in [0.29, 0.717) is 11.3 Å². The summed E-state index contributed by atoms with van der Waals surface area (Å²) in [6.07, 6.45) is 0. The molecule has 0 saturated carbocycles. The lowest BCUT2D eigenvalue weighted by Crippen LogP contribution is -2.39. The number of fused-ring (bicyclic) bond motifs is 1. The van der Waals surface area contributed by atoms with E-state index < -0.39 is 21.4 Å². The van der Waals surface area contributed by atoms with Gasteiger partial charge in [-0.2, -0.15) is 0 Å². The number of carbonyl (C=O) groups is 2. The minimum Gasteiger partial charge on any atom is -0.468 e. The van der Waals surface area contributed by atoms with Gasteiger partial charge in [-0.25, -0.2) is 13.1 Å². The van der Waals surface area contributed by atoms with Crippen LogP contribution in [0.4, 0.5) is 5.69 Å². The van der Waals surface area contributed by atoms with Crippen LogP contribution in [-0.2, 0) is 36.3 Å². The van der Waals surface area contributed by atoms with E-state index in [1.54, 1.807) is 19.9 Å². The van der Waals surface area contributed by atoms with Crippen LogP contribution in [0.5, 0.6) is 0 Å². The van der Waals surface area contributed by atoms with Crippen LogP contribution in [0.2, 0.25) is 0 Å². The molecule has 3 rings (SSSR count). The van der Waals surface area contributed by atoms with Crippen molar-refractivity contribution in [1.29, 1.82) is 0 Å². The molecule has 8 heteroatoms. The molecular formula is C20H22N2O5S. The van der Waals surface area contributed by atoms with Gasteiger partial charge in [0.15, 0.2) is 0 Å². The first-order valence-corrected chi connectivity index (χ1v) is 10.2. The first-order valence-electron chi connectivity index (χ1n) is 8.74. The standard InChI is InChI=1S/C20H22N2O5S/c1-20(2)16-11-15(28(25,26)21-12-14-7-5-4-6-8-14)9-10-17(16)22(19(20)24)13-18(23)27-3/h4-11,21H,12-13H2,1-3H3. The molecule has 1 heterocycles. The SMILES string of the molecule is COC(=O)CN1C(=O)C(C)(C)c2cc(S(=O)(=O)NCc3ccccc3)ccc21. The zero-order valence-electron chi connectivity index (χ0n) is 15.9. The number of amides is 1. The Morgan fingerprint density at radius 2 is 1.82 bits per heavy atom. The van der Waals surface area contributed by atoms with Gasteiger partial charge in [-0.05, 0) is 43.2 Å². The summed E-state index contributed by atoms with van der Waals surface area (Å²) < 4.78 is 32.7. The Labute approximate surface area is 164 Å². The van der Waals surface area contributed by atoms with Crippen molar-refractivity contribution in [2.24, 2.45) is 0 Å². The second kappa shape index (κ2) is 7.37. The number of sulfonamides is 1. The lowest BCUT2D eigenvalue weighted by Gasteiger charge is -2.19. The van der Waals surface area contributed by atoms with E-state index in [0.717, 1.165) is 5.56 Å². The van der Waals surface area contributed by atoms with Crippen LogP contribution < -0.4 is 9.62 Å². The van der Waals surface area contributed by atoms with Gasteiger partial charge in [-0.3, -0.25) is 9.59 Å². The molecule has 0 spiro atoms. The lowest BCUT2D eigenvalue weighted by molar-refractivity contribution is -0.140. The molecule has 0 atom stereocenters. The van der Waals surface area contributed by atoms with Gasteiger partial charge in [0.05, 0.1) is 17.4 Å². The van der Waals surface area contributed by atoms with Crippen molar-refractivity contribution in [3.8, 4) is 0 Å². The first kappa shape index (κ1) is 20.0. The van der Waals surface area contributed by atoms with Crippen LogP contribution in [0.3, 0.4) is 0 Å². The topological polar surface area (TPSA) is 92.8 Å². The van der Waals surface area contributed by atoms with E-state index >= 15 is 0 Å². The van der Waals surface area contributed by atoms with Gasteiger partial charge < -0.3 is 9.64 Å². The fraction of sp³-hybridized carbons (Fsp3) is 0.300. The molecule has 0 bridgehead atoms. The number of ether oxygens (including phenoxy) is 1. The van der Waals surface area contributed by atoms with Crippen molar-refractivity contribution < 1.29 is 22.7 Å². The number of hydrogen-bond donors (Lipinski definition) is 1. The maximum atomic E-state index is 12.8. The summed E-state index contributed by atoms with van der Waals surface area (Å²) in [6, 6.07) is 13.7. The van der Waals surface area contributed by atoms with E-state index in [1.807, 2.05) is 30.3 Å². The smallest absolute Gasteiger partial charge is 0.325 e. The second-order valence-electron chi connectivity index (χ2n) is 7.08. The van der Waals surface area contributed by atoms with Gasteiger partial charge >= 0.3 is 5.97 Å². The van der Waals surface area contributed by atoms with Gasteiger partial charge in [0.2, 0.25) is 15.9 Å². The molecular weight excluding hydrogens is 380 g/mol. The average molecular weight is 402 g/mol. The minimum atomic E-state index is -3.76. The molecule has 2 aromatic rings. The van der Waals surface area contributed by atoms with Gasteiger partial charge in [0.25, 0.3) is 0 Å². The molecule has 0 radical (unpaired) electrons. The highest BCUT2D eigenvalue weighted by molar-refractivity contribution is 7.89. The summed E-state index contributed by atoms with van der Waals surface area (Å²) >= 11 is 0. The molecule has 1 aliphatic rings. The maximum absolute atomic E-state index is 12.8. The highest BCUT2D eigenvalue weighted by Crippen LogP contribution is 2.42. The third kappa shape index (κ3) is 3.65.